The van der Waals surface area contributed by atoms with Crippen molar-refractivity contribution in [3.8, 4) is 0 Å². The molecular weight excluding hydrogens is 266 g/mol. The van der Waals surface area contributed by atoms with Crippen LogP contribution in [0.5, 0.6) is 0 Å². The van der Waals surface area contributed by atoms with Crippen molar-refractivity contribution in [3.05, 3.63) is 10.6 Å². The fourth-order valence-corrected chi connectivity index (χ4v) is 3.48. The fourth-order valence-electron chi connectivity index (χ4n) is 2.36. The van der Waals surface area contributed by atoms with E-state index in [-0.39, 0.29) is 0 Å². The molecule has 0 radical (unpaired) electrons. The lowest BCUT2D eigenvalue weighted by Crippen LogP contribution is -2.19. The lowest BCUT2D eigenvalue weighted by molar-refractivity contribution is 0.655. The summed E-state index contributed by atoms with van der Waals surface area (Å²) in [6.07, 6.45) is 5.15. The van der Waals surface area contributed by atoms with Crippen LogP contribution in [0.3, 0.4) is 0 Å². The molecule has 1 N–H and O–H groups in total. The van der Waals surface area contributed by atoms with Crippen LogP contribution in [-0.4, -0.2) is 25.1 Å². The number of nitrogens with zero attached hydrogens (tertiary/aromatic N) is 2. The summed E-state index contributed by atoms with van der Waals surface area (Å²) in [5, 5.41) is 4.74. The molecule has 20 heavy (non-hydrogen) atoms. The number of aromatic nitrogens is 1. The molecule has 1 aliphatic carbocycles. The second-order valence-electron chi connectivity index (χ2n) is 6.11. The Balaban J connectivity index is 2.07. The van der Waals surface area contributed by atoms with Crippen LogP contribution in [0.4, 0.5) is 5.13 Å². The highest BCUT2D eigenvalue weighted by Crippen LogP contribution is 2.35. The first-order valence-electron chi connectivity index (χ1n) is 8.07. The van der Waals surface area contributed by atoms with Gasteiger partial charge in [-0.2, -0.15) is 0 Å². The van der Waals surface area contributed by atoms with Crippen LogP contribution in [0.2, 0.25) is 0 Å². The number of hydrogen-bond acceptors (Lipinski definition) is 4. The van der Waals surface area contributed by atoms with E-state index in [1.54, 1.807) is 0 Å². The summed E-state index contributed by atoms with van der Waals surface area (Å²) in [4.78, 5) is 8.74. The van der Waals surface area contributed by atoms with Crippen molar-refractivity contribution in [2.75, 3.05) is 25.0 Å². The van der Waals surface area contributed by atoms with Gasteiger partial charge in [0.25, 0.3) is 0 Å². The van der Waals surface area contributed by atoms with Crippen LogP contribution in [-0.2, 0) is 6.54 Å². The SMILES string of the molecule is CCCNCc1sc(N(C)CC2CC2)nc1C(C)CC. The van der Waals surface area contributed by atoms with E-state index in [9.17, 15) is 0 Å². The monoisotopic (exact) mass is 295 g/mol. The van der Waals surface area contributed by atoms with Gasteiger partial charge in [-0.1, -0.05) is 20.8 Å². The smallest absolute Gasteiger partial charge is 0.185 e. The number of rotatable bonds is 9. The summed E-state index contributed by atoms with van der Waals surface area (Å²) in [5.41, 5.74) is 1.32. The number of hydrogen-bond donors (Lipinski definition) is 1. The Labute approximate surface area is 127 Å². The summed E-state index contributed by atoms with van der Waals surface area (Å²) >= 11 is 1.88. The van der Waals surface area contributed by atoms with Crippen molar-refractivity contribution >= 4 is 16.5 Å². The lowest BCUT2D eigenvalue weighted by Gasteiger charge is -2.14. The zero-order chi connectivity index (χ0) is 14.5. The van der Waals surface area contributed by atoms with Gasteiger partial charge in [0.2, 0.25) is 0 Å². The second kappa shape index (κ2) is 7.41. The van der Waals surface area contributed by atoms with Gasteiger partial charge in [0.05, 0.1) is 5.69 Å². The molecule has 1 unspecified atom stereocenters. The third-order valence-corrected chi connectivity index (χ3v) is 5.25. The molecule has 1 atom stereocenters. The first-order chi connectivity index (χ1) is 9.65. The minimum absolute atomic E-state index is 0.563. The largest absolute Gasteiger partial charge is 0.351 e. The standard InChI is InChI=1S/C16H29N3S/c1-5-9-17-10-14-15(12(3)6-2)18-16(20-14)19(4)11-13-7-8-13/h12-13,17H,5-11H2,1-4H3. The first kappa shape index (κ1) is 15.8. The van der Waals surface area contributed by atoms with Crippen LogP contribution < -0.4 is 10.2 Å². The molecule has 2 rings (SSSR count). The molecule has 0 aromatic carbocycles. The highest BCUT2D eigenvalue weighted by atomic mass is 32.1. The molecule has 1 heterocycles. The Morgan fingerprint density at radius 1 is 1.40 bits per heavy atom. The van der Waals surface area contributed by atoms with Crippen molar-refractivity contribution in [1.29, 1.82) is 0 Å². The van der Waals surface area contributed by atoms with Gasteiger partial charge in [0, 0.05) is 25.0 Å². The molecule has 4 heteroatoms. The summed E-state index contributed by atoms with van der Waals surface area (Å²) in [6.45, 7) is 10.00. The zero-order valence-corrected chi connectivity index (χ0v) is 14.2. The van der Waals surface area contributed by atoms with Crippen molar-refractivity contribution in [3.63, 3.8) is 0 Å². The third kappa shape index (κ3) is 4.19. The van der Waals surface area contributed by atoms with Gasteiger partial charge in [-0.3, -0.25) is 0 Å². The minimum atomic E-state index is 0.563. The average molecular weight is 295 g/mol. The predicted molar refractivity (Wildman–Crippen MR) is 88.8 cm³/mol. The molecule has 1 aliphatic rings. The third-order valence-electron chi connectivity index (χ3n) is 4.06. The Bertz CT molecular complexity index is 412. The normalized spacial score (nSPS) is 16.4. The second-order valence-corrected chi connectivity index (χ2v) is 7.18. The van der Waals surface area contributed by atoms with Crippen LogP contribution in [0, 0.1) is 5.92 Å². The minimum Gasteiger partial charge on any atom is -0.351 e. The van der Waals surface area contributed by atoms with Crippen molar-refractivity contribution < 1.29 is 0 Å². The summed E-state index contributed by atoms with van der Waals surface area (Å²) in [6, 6.07) is 0. The molecule has 1 saturated carbocycles. The van der Waals surface area contributed by atoms with Gasteiger partial charge in [0.15, 0.2) is 5.13 Å². The maximum absolute atomic E-state index is 4.94. The fraction of sp³-hybridized carbons (Fsp3) is 0.812. The van der Waals surface area contributed by atoms with Gasteiger partial charge in [0.1, 0.15) is 0 Å². The Morgan fingerprint density at radius 2 is 2.15 bits per heavy atom. The van der Waals surface area contributed by atoms with Crippen LogP contribution >= 0.6 is 11.3 Å². The quantitative estimate of drug-likeness (QED) is 0.698. The Kier molecular flexibility index (Phi) is 5.85. The number of anilines is 1. The molecule has 3 nitrogen and oxygen atoms in total. The maximum Gasteiger partial charge on any atom is 0.185 e. The highest BCUT2D eigenvalue weighted by molar-refractivity contribution is 7.15. The Morgan fingerprint density at radius 3 is 2.75 bits per heavy atom. The first-order valence-corrected chi connectivity index (χ1v) is 8.88. The summed E-state index contributed by atoms with van der Waals surface area (Å²) in [5.74, 6) is 1.48. The van der Waals surface area contributed by atoms with Gasteiger partial charge in [-0.05, 0) is 44.1 Å². The molecule has 114 valence electrons. The van der Waals surface area contributed by atoms with Gasteiger partial charge in [-0.15, -0.1) is 11.3 Å². The molecule has 0 amide bonds. The van der Waals surface area contributed by atoms with Crippen molar-refractivity contribution in [1.82, 2.24) is 10.3 Å². The highest BCUT2D eigenvalue weighted by Gasteiger charge is 2.25. The van der Waals surface area contributed by atoms with Gasteiger partial charge >= 0.3 is 0 Å². The van der Waals surface area contributed by atoms with Crippen LogP contribution in [0.25, 0.3) is 0 Å². The predicted octanol–water partition coefficient (Wildman–Crippen LogP) is 4.00. The molecule has 0 saturated heterocycles. The average Bonchev–Trinajstić information content (AvgIpc) is 3.15. The van der Waals surface area contributed by atoms with E-state index in [1.807, 2.05) is 11.3 Å². The summed E-state index contributed by atoms with van der Waals surface area (Å²) in [7, 11) is 2.20. The molecule has 1 fully saturated rings. The molecule has 1 aromatic heterocycles. The molecule has 0 spiro atoms. The maximum atomic E-state index is 4.94. The van der Waals surface area contributed by atoms with Crippen LogP contribution in [0.15, 0.2) is 0 Å². The van der Waals surface area contributed by atoms with Gasteiger partial charge in [-0.25, -0.2) is 4.98 Å². The lowest BCUT2D eigenvalue weighted by atomic mass is 10.0. The van der Waals surface area contributed by atoms with E-state index in [0.29, 0.717) is 5.92 Å². The van der Waals surface area contributed by atoms with E-state index < -0.39 is 0 Å². The molecule has 1 aromatic rings. The number of nitrogens with one attached hydrogen (secondary N) is 1. The summed E-state index contributed by atoms with van der Waals surface area (Å²) < 4.78 is 0. The van der Waals surface area contributed by atoms with Crippen LogP contribution in [0.1, 0.15) is 62.9 Å². The van der Waals surface area contributed by atoms with E-state index in [2.05, 4.69) is 38.0 Å². The Hall–Kier alpha value is -0.610. The van der Waals surface area contributed by atoms with Gasteiger partial charge < -0.3 is 10.2 Å². The van der Waals surface area contributed by atoms with Crippen molar-refractivity contribution in [2.24, 2.45) is 5.92 Å². The van der Waals surface area contributed by atoms with E-state index in [0.717, 1.165) is 25.4 Å². The van der Waals surface area contributed by atoms with Crippen molar-refractivity contribution in [2.45, 2.75) is 58.9 Å². The molecule has 0 bridgehead atoms. The van der Waals surface area contributed by atoms with E-state index in [1.165, 1.54) is 41.5 Å². The van der Waals surface area contributed by atoms with E-state index >= 15 is 0 Å². The molecule has 0 aliphatic heterocycles. The topological polar surface area (TPSA) is 28.2 Å². The molecular formula is C16H29N3S. The van der Waals surface area contributed by atoms with E-state index in [4.69, 9.17) is 4.98 Å². The number of thiazole rings is 1. The zero-order valence-electron chi connectivity index (χ0n) is 13.4.